The summed E-state index contributed by atoms with van der Waals surface area (Å²) in [6.45, 7) is 5.52. The van der Waals surface area contributed by atoms with Crippen LogP contribution in [0.4, 0.5) is 11.9 Å². The van der Waals surface area contributed by atoms with Crippen LogP contribution in [0.1, 0.15) is 38.4 Å². The van der Waals surface area contributed by atoms with Gasteiger partial charge in [0.15, 0.2) is 0 Å². The number of nitrogens with zero attached hydrogens (tertiary/aromatic N) is 5. The van der Waals surface area contributed by atoms with Crippen molar-refractivity contribution in [2.45, 2.75) is 42.9 Å². The zero-order valence-corrected chi connectivity index (χ0v) is 17.7. The van der Waals surface area contributed by atoms with Gasteiger partial charge in [-0.15, -0.1) is 11.3 Å². The third-order valence-corrected chi connectivity index (χ3v) is 7.32. The Morgan fingerprint density at radius 2 is 1.93 bits per heavy atom. The van der Waals surface area contributed by atoms with Crippen molar-refractivity contribution in [1.29, 1.82) is 0 Å². The highest BCUT2D eigenvalue weighted by Gasteiger charge is 2.27. The molecule has 1 aliphatic heterocycles. The topological polar surface area (TPSA) is 91.3 Å². The molecule has 27 heavy (non-hydrogen) atoms. The Hall–Kier alpha value is -1.78. The van der Waals surface area contributed by atoms with E-state index in [1.165, 1.54) is 11.3 Å². The van der Waals surface area contributed by atoms with Crippen LogP contribution >= 0.6 is 11.3 Å². The summed E-state index contributed by atoms with van der Waals surface area (Å²) in [5.74, 6) is 2.28. The van der Waals surface area contributed by atoms with Crippen LogP contribution in [0.3, 0.4) is 0 Å². The van der Waals surface area contributed by atoms with E-state index >= 15 is 0 Å². The Morgan fingerprint density at radius 1 is 1.22 bits per heavy atom. The Labute approximate surface area is 164 Å². The van der Waals surface area contributed by atoms with Crippen molar-refractivity contribution >= 4 is 33.3 Å². The summed E-state index contributed by atoms with van der Waals surface area (Å²) >= 11 is 1.23. The second-order valence-electron chi connectivity index (χ2n) is 7.16. The van der Waals surface area contributed by atoms with Gasteiger partial charge in [-0.05, 0) is 24.3 Å². The lowest BCUT2D eigenvalue weighted by atomic mass is 10.1. The minimum atomic E-state index is -3.43. The minimum Gasteiger partial charge on any atom is -0.347 e. The van der Waals surface area contributed by atoms with E-state index in [9.17, 15) is 8.42 Å². The molecule has 0 saturated carbocycles. The first-order valence-electron chi connectivity index (χ1n) is 9.00. The van der Waals surface area contributed by atoms with Gasteiger partial charge in [0.05, 0.1) is 0 Å². The molecule has 1 fully saturated rings. The highest BCUT2D eigenvalue weighted by atomic mass is 32.2. The molecule has 1 aliphatic rings. The quantitative estimate of drug-likeness (QED) is 0.779. The second-order valence-corrected chi connectivity index (χ2v) is 10.0. The van der Waals surface area contributed by atoms with Gasteiger partial charge >= 0.3 is 0 Å². The average Bonchev–Trinajstić information content (AvgIpc) is 3.17. The van der Waals surface area contributed by atoms with Gasteiger partial charge < -0.3 is 9.80 Å². The van der Waals surface area contributed by atoms with Gasteiger partial charge in [0, 0.05) is 39.1 Å². The number of hydrogen-bond donors (Lipinski definition) is 1. The van der Waals surface area contributed by atoms with Crippen LogP contribution < -0.4 is 14.5 Å². The lowest BCUT2D eigenvalue weighted by Crippen LogP contribution is -2.45. The molecule has 10 heteroatoms. The fraction of sp³-hybridized carbons (Fsp3) is 0.588. The summed E-state index contributed by atoms with van der Waals surface area (Å²) in [5.41, 5.74) is 0. The van der Waals surface area contributed by atoms with E-state index in [2.05, 4.69) is 38.4 Å². The molecule has 0 amide bonds. The number of aromatic nitrogens is 3. The highest BCUT2D eigenvalue weighted by Crippen LogP contribution is 2.22. The van der Waals surface area contributed by atoms with Gasteiger partial charge in [-0.2, -0.15) is 15.0 Å². The normalized spacial score (nSPS) is 16.1. The van der Waals surface area contributed by atoms with E-state index in [0.29, 0.717) is 42.0 Å². The van der Waals surface area contributed by atoms with E-state index in [1.54, 1.807) is 17.5 Å². The number of sulfonamides is 1. The van der Waals surface area contributed by atoms with E-state index in [0.717, 1.165) is 5.82 Å². The molecule has 2 aromatic rings. The summed E-state index contributed by atoms with van der Waals surface area (Å²) in [6.07, 6.45) is 1.43. The summed E-state index contributed by atoms with van der Waals surface area (Å²) in [7, 11) is 0.391. The first-order chi connectivity index (χ1) is 12.8. The van der Waals surface area contributed by atoms with Gasteiger partial charge in [-0.3, -0.25) is 0 Å². The predicted octanol–water partition coefficient (Wildman–Crippen LogP) is 2.07. The summed E-state index contributed by atoms with van der Waals surface area (Å²) in [4.78, 5) is 17.7. The van der Waals surface area contributed by atoms with E-state index in [4.69, 9.17) is 0 Å². The Kier molecular flexibility index (Phi) is 5.97. The fourth-order valence-corrected chi connectivity index (χ4v) is 5.17. The van der Waals surface area contributed by atoms with Crippen molar-refractivity contribution < 1.29 is 8.42 Å². The van der Waals surface area contributed by atoms with Gasteiger partial charge in [0.25, 0.3) is 0 Å². The molecular formula is C17H26N6O2S2. The zero-order chi connectivity index (χ0) is 19.6. The number of hydrogen-bond acceptors (Lipinski definition) is 8. The maximum absolute atomic E-state index is 12.4. The first-order valence-corrected chi connectivity index (χ1v) is 11.4. The molecular weight excluding hydrogens is 384 g/mol. The van der Waals surface area contributed by atoms with E-state index < -0.39 is 10.0 Å². The van der Waals surface area contributed by atoms with Crippen molar-refractivity contribution in [3.63, 3.8) is 0 Å². The number of rotatable bonds is 6. The van der Waals surface area contributed by atoms with Crippen LogP contribution in [0.15, 0.2) is 21.7 Å². The smallest absolute Gasteiger partial charge is 0.250 e. The summed E-state index contributed by atoms with van der Waals surface area (Å²) < 4.78 is 28.0. The molecule has 0 radical (unpaired) electrons. The first kappa shape index (κ1) is 20.0. The average molecular weight is 411 g/mol. The fourth-order valence-electron chi connectivity index (χ4n) is 2.86. The SMILES string of the molecule is CC(C)c1nc(N(C)C)nc(N2CCC(NS(=O)(=O)c3cccs3)CC2)n1. The minimum absolute atomic E-state index is 0.0759. The van der Waals surface area contributed by atoms with E-state index in [1.807, 2.05) is 19.0 Å². The molecule has 0 spiro atoms. The number of thiophene rings is 1. The third kappa shape index (κ3) is 4.74. The second kappa shape index (κ2) is 8.07. The van der Waals surface area contributed by atoms with E-state index in [-0.39, 0.29) is 12.0 Å². The van der Waals surface area contributed by atoms with Crippen LogP contribution in [0, 0.1) is 0 Å². The number of piperidine rings is 1. The maximum Gasteiger partial charge on any atom is 0.250 e. The van der Waals surface area contributed by atoms with Crippen LogP contribution in [0.25, 0.3) is 0 Å². The zero-order valence-electron chi connectivity index (χ0n) is 16.1. The van der Waals surface area contributed by atoms with Gasteiger partial charge in [-0.1, -0.05) is 19.9 Å². The molecule has 1 saturated heterocycles. The summed E-state index contributed by atoms with van der Waals surface area (Å²) in [5, 5.41) is 1.77. The molecule has 0 aromatic carbocycles. The standard InChI is InChI=1S/C17H26N6O2S2/c1-12(2)15-18-16(22(3)4)20-17(19-15)23-9-7-13(8-10-23)21-27(24,25)14-6-5-11-26-14/h5-6,11-13,21H,7-10H2,1-4H3. The van der Waals surface area contributed by atoms with Crippen molar-refractivity contribution in [2.75, 3.05) is 37.0 Å². The van der Waals surface area contributed by atoms with Gasteiger partial charge in [-0.25, -0.2) is 13.1 Å². The van der Waals surface area contributed by atoms with Crippen LogP contribution in [0.2, 0.25) is 0 Å². The van der Waals surface area contributed by atoms with Crippen molar-refractivity contribution in [3.8, 4) is 0 Å². The summed E-state index contributed by atoms with van der Waals surface area (Å²) in [6, 6.07) is 3.30. The molecule has 0 aliphatic carbocycles. The van der Waals surface area contributed by atoms with Crippen LogP contribution in [0.5, 0.6) is 0 Å². The molecule has 3 heterocycles. The van der Waals surface area contributed by atoms with Crippen LogP contribution in [-0.4, -0.2) is 56.6 Å². The van der Waals surface area contributed by atoms with Crippen molar-refractivity contribution in [2.24, 2.45) is 0 Å². The largest absolute Gasteiger partial charge is 0.347 e. The maximum atomic E-state index is 12.4. The molecule has 0 unspecified atom stereocenters. The Morgan fingerprint density at radius 3 is 2.48 bits per heavy atom. The Bertz CT molecular complexity index is 833. The molecule has 3 rings (SSSR count). The number of anilines is 2. The monoisotopic (exact) mass is 410 g/mol. The van der Waals surface area contributed by atoms with Crippen molar-refractivity contribution in [1.82, 2.24) is 19.7 Å². The molecule has 2 aromatic heterocycles. The molecule has 8 nitrogen and oxygen atoms in total. The molecule has 148 valence electrons. The highest BCUT2D eigenvalue weighted by molar-refractivity contribution is 7.91. The molecule has 0 bridgehead atoms. The third-order valence-electron chi connectivity index (χ3n) is 4.41. The molecule has 1 N–H and O–H groups in total. The van der Waals surface area contributed by atoms with Crippen molar-refractivity contribution in [3.05, 3.63) is 23.3 Å². The van der Waals surface area contributed by atoms with Gasteiger partial charge in [0.2, 0.25) is 21.9 Å². The Balaban J connectivity index is 1.69. The molecule has 0 atom stereocenters. The predicted molar refractivity (Wildman–Crippen MR) is 108 cm³/mol. The van der Waals surface area contributed by atoms with Gasteiger partial charge in [0.1, 0.15) is 10.0 Å². The number of nitrogens with one attached hydrogen (secondary N) is 1. The van der Waals surface area contributed by atoms with Crippen LogP contribution in [-0.2, 0) is 10.0 Å². The lowest BCUT2D eigenvalue weighted by Gasteiger charge is -2.32. The lowest BCUT2D eigenvalue weighted by molar-refractivity contribution is 0.456.